The van der Waals surface area contributed by atoms with Crippen molar-refractivity contribution in [2.75, 3.05) is 38.6 Å². The molecule has 1 saturated heterocycles. The molecule has 2 N–H and O–H groups in total. The molecular weight excluding hydrogens is 270 g/mol. The molecule has 6 heteroatoms. The number of likely N-dealkylation sites (tertiary alicyclic amines) is 1. The number of amides is 2. The highest BCUT2D eigenvalue weighted by atomic mass is 16.5. The molecule has 0 aromatic heterocycles. The summed E-state index contributed by atoms with van der Waals surface area (Å²) in [4.78, 5) is 25.8. The van der Waals surface area contributed by atoms with Gasteiger partial charge in [0.2, 0.25) is 0 Å². The van der Waals surface area contributed by atoms with Gasteiger partial charge in [0.25, 0.3) is 0 Å². The maximum Gasteiger partial charge on any atom is 0.339 e. The van der Waals surface area contributed by atoms with Gasteiger partial charge in [0.05, 0.1) is 18.4 Å². The Hall–Kier alpha value is -2.08. The highest BCUT2D eigenvalue weighted by Crippen LogP contribution is 2.15. The molecule has 6 nitrogen and oxygen atoms in total. The van der Waals surface area contributed by atoms with Gasteiger partial charge in [-0.05, 0) is 38.1 Å². The second kappa shape index (κ2) is 7.64. The number of urea groups is 1. The first kappa shape index (κ1) is 15.3. The first-order valence-corrected chi connectivity index (χ1v) is 7.15. The minimum absolute atomic E-state index is 0.314. The van der Waals surface area contributed by atoms with Crippen LogP contribution < -0.4 is 10.6 Å². The topological polar surface area (TPSA) is 70.7 Å². The lowest BCUT2D eigenvalue weighted by atomic mass is 10.2. The predicted molar refractivity (Wildman–Crippen MR) is 80.5 cm³/mol. The van der Waals surface area contributed by atoms with Gasteiger partial charge in [-0.1, -0.05) is 12.1 Å². The summed E-state index contributed by atoms with van der Waals surface area (Å²) < 4.78 is 4.69. The summed E-state index contributed by atoms with van der Waals surface area (Å²) in [5.41, 5.74) is 0.790. The Balaban J connectivity index is 1.83. The number of methoxy groups -OCH3 is 1. The molecule has 0 spiro atoms. The van der Waals surface area contributed by atoms with E-state index in [1.807, 2.05) is 0 Å². The van der Waals surface area contributed by atoms with Gasteiger partial charge in [-0.15, -0.1) is 0 Å². The van der Waals surface area contributed by atoms with Crippen LogP contribution in [0.1, 0.15) is 23.2 Å². The van der Waals surface area contributed by atoms with E-state index < -0.39 is 5.97 Å². The lowest BCUT2D eigenvalue weighted by Crippen LogP contribution is -2.36. The van der Waals surface area contributed by atoms with Crippen molar-refractivity contribution in [2.45, 2.75) is 12.8 Å². The maximum atomic E-state index is 11.9. The molecule has 0 unspecified atom stereocenters. The molecule has 1 aromatic carbocycles. The van der Waals surface area contributed by atoms with Gasteiger partial charge in [0.1, 0.15) is 0 Å². The van der Waals surface area contributed by atoms with Crippen LogP contribution in [0.4, 0.5) is 10.5 Å². The standard InChI is InChI=1S/C15H21N3O3/c1-21-14(19)12-6-2-3-7-13(12)17-15(20)16-8-11-18-9-4-5-10-18/h2-3,6-7H,4-5,8-11H2,1H3,(H2,16,17,20). The van der Waals surface area contributed by atoms with E-state index in [-0.39, 0.29) is 6.03 Å². The number of esters is 1. The fraction of sp³-hybridized carbons (Fsp3) is 0.467. The molecular formula is C15H21N3O3. The van der Waals surface area contributed by atoms with Crippen LogP contribution in [0.2, 0.25) is 0 Å². The van der Waals surface area contributed by atoms with E-state index in [1.54, 1.807) is 24.3 Å². The summed E-state index contributed by atoms with van der Waals surface area (Å²) in [6, 6.07) is 6.46. The van der Waals surface area contributed by atoms with Crippen LogP contribution in [0, 0.1) is 0 Å². The molecule has 1 aliphatic rings. The van der Waals surface area contributed by atoms with Crippen LogP contribution in [-0.4, -0.2) is 50.2 Å². The first-order chi connectivity index (χ1) is 10.2. The van der Waals surface area contributed by atoms with Crippen molar-refractivity contribution in [3.8, 4) is 0 Å². The Labute approximate surface area is 124 Å². The largest absolute Gasteiger partial charge is 0.465 e. The summed E-state index contributed by atoms with van der Waals surface area (Å²) >= 11 is 0. The van der Waals surface area contributed by atoms with Gasteiger partial charge >= 0.3 is 12.0 Å². The number of ether oxygens (including phenoxy) is 1. The highest BCUT2D eigenvalue weighted by Gasteiger charge is 2.14. The molecule has 1 aliphatic heterocycles. The lowest BCUT2D eigenvalue weighted by Gasteiger charge is -2.15. The van der Waals surface area contributed by atoms with Crippen molar-refractivity contribution in [3.63, 3.8) is 0 Å². The molecule has 0 saturated carbocycles. The van der Waals surface area contributed by atoms with Crippen molar-refractivity contribution in [3.05, 3.63) is 29.8 Å². The molecule has 0 bridgehead atoms. The molecule has 0 radical (unpaired) electrons. The SMILES string of the molecule is COC(=O)c1ccccc1NC(=O)NCCN1CCCC1. The van der Waals surface area contributed by atoms with Gasteiger partial charge < -0.3 is 20.3 Å². The number of anilines is 1. The van der Waals surface area contributed by atoms with Crippen molar-refractivity contribution < 1.29 is 14.3 Å². The molecule has 0 aliphatic carbocycles. The number of nitrogens with zero attached hydrogens (tertiary/aromatic N) is 1. The van der Waals surface area contributed by atoms with E-state index in [0.29, 0.717) is 17.8 Å². The summed E-state index contributed by atoms with van der Waals surface area (Å²) in [6.07, 6.45) is 2.47. The first-order valence-electron chi connectivity index (χ1n) is 7.15. The Bertz CT molecular complexity index is 499. The van der Waals surface area contributed by atoms with E-state index in [0.717, 1.165) is 19.6 Å². The van der Waals surface area contributed by atoms with Gasteiger partial charge in [-0.25, -0.2) is 9.59 Å². The van der Waals surface area contributed by atoms with Crippen LogP contribution >= 0.6 is 0 Å². The average Bonchev–Trinajstić information content (AvgIpc) is 3.00. The fourth-order valence-electron chi connectivity index (χ4n) is 2.38. The molecule has 21 heavy (non-hydrogen) atoms. The number of rotatable bonds is 5. The smallest absolute Gasteiger partial charge is 0.339 e. The van der Waals surface area contributed by atoms with E-state index in [9.17, 15) is 9.59 Å². The maximum absolute atomic E-state index is 11.9. The van der Waals surface area contributed by atoms with Crippen molar-refractivity contribution >= 4 is 17.7 Å². The van der Waals surface area contributed by atoms with E-state index in [4.69, 9.17) is 0 Å². The summed E-state index contributed by atoms with van der Waals surface area (Å²) in [5, 5.41) is 5.48. The van der Waals surface area contributed by atoms with E-state index >= 15 is 0 Å². The monoisotopic (exact) mass is 291 g/mol. The van der Waals surface area contributed by atoms with Crippen LogP contribution in [0.15, 0.2) is 24.3 Å². The van der Waals surface area contributed by atoms with Crippen LogP contribution in [0.25, 0.3) is 0 Å². The second-order valence-corrected chi connectivity index (χ2v) is 4.97. The Kier molecular flexibility index (Phi) is 5.57. The summed E-state index contributed by atoms with van der Waals surface area (Å²) in [6.45, 7) is 3.65. The minimum atomic E-state index is -0.469. The zero-order valence-corrected chi connectivity index (χ0v) is 12.2. The van der Waals surface area contributed by atoms with Crippen molar-refractivity contribution in [1.82, 2.24) is 10.2 Å². The molecule has 1 aromatic rings. The molecule has 2 amide bonds. The molecule has 1 heterocycles. The van der Waals surface area contributed by atoms with Crippen molar-refractivity contribution in [2.24, 2.45) is 0 Å². The number of carbonyl (C=O) groups excluding carboxylic acids is 2. The Morgan fingerprint density at radius 3 is 2.67 bits per heavy atom. The highest BCUT2D eigenvalue weighted by molar-refractivity contribution is 6.00. The van der Waals surface area contributed by atoms with Gasteiger partial charge in [0.15, 0.2) is 0 Å². The summed E-state index contributed by atoms with van der Waals surface area (Å²) in [7, 11) is 1.31. The number of carbonyl (C=O) groups is 2. The fourth-order valence-corrected chi connectivity index (χ4v) is 2.38. The van der Waals surface area contributed by atoms with E-state index in [2.05, 4.69) is 20.3 Å². The molecule has 114 valence electrons. The Morgan fingerprint density at radius 2 is 1.95 bits per heavy atom. The molecule has 1 fully saturated rings. The van der Waals surface area contributed by atoms with E-state index in [1.165, 1.54) is 20.0 Å². The van der Waals surface area contributed by atoms with Gasteiger partial charge in [-0.2, -0.15) is 0 Å². The number of nitrogens with one attached hydrogen (secondary N) is 2. The zero-order valence-electron chi connectivity index (χ0n) is 12.2. The Morgan fingerprint density at radius 1 is 1.24 bits per heavy atom. The predicted octanol–water partition coefficient (Wildman–Crippen LogP) is 1.69. The van der Waals surface area contributed by atoms with Crippen molar-refractivity contribution in [1.29, 1.82) is 0 Å². The third-order valence-electron chi connectivity index (χ3n) is 3.49. The van der Waals surface area contributed by atoms with Crippen LogP contribution in [-0.2, 0) is 4.74 Å². The average molecular weight is 291 g/mol. The number of hydrogen-bond acceptors (Lipinski definition) is 4. The second-order valence-electron chi connectivity index (χ2n) is 4.97. The van der Waals surface area contributed by atoms with Crippen LogP contribution in [0.5, 0.6) is 0 Å². The third kappa shape index (κ3) is 4.46. The summed E-state index contributed by atoms with van der Waals surface area (Å²) in [5.74, 6) is -0.469. The minimum Gasteiger partial charge on any atom is -0.465 e. The third-order valence-corrected chi connectivity index (χ3v) is 3.49. The molecule has 2 rings (SSSR count). The van der Waals surface area contributed by atoms with Crippen LogP contribution in [0.3, 0.4) is 0 Å². The lowest BCUT2D eigenvalue weighted by molar-refractivity contribution is 0.0602. The number of hydrogen-bond donors (Lipinski definition) is 2. The number of para-hydroxylation sites is 1. The normalized spacial score (nSPS) is 14.7. The number of benzene rings is 1. The molecule has 0 atom stereocenters. The van der Waals surface area contributed by atoms with Gasteiger partial charge in [-0.3, -0.25) is 0 Å². The van der Waals surface area contributed by atoms with Gasteiger partial charge in [0, 0.05) is 13.1 Å². The zero-order chi connectivity index (χ0) is 15.1. The quantitative estimate of drug-likeness (QED) is 0.810.